The largest absolute Gasteiger partial charge is 0.497 e. The van der Waals surface area contributed by atoms with E-state index in [0.29, 0.717) is 37.6 Å². The Balaban J connectivity index is 1.38. The number of aliphatic hydroxyl groups excluding tert-OH is 1. The standard InChI is InChI=1S/C25H27N3O5/c1-32-18-5-6-22-20(15-18)19(8-10-26-22)23(29)7-4-17-9-13-28(16-21(17)25(30)31)12-2-3-24-27-11-14-33-24/h5-6,8,10-11,14-15,17,21,23,29H,4,7,9,12-13,16H2,1H3,(H,30,31)/t17-,21+,23-/m1/s1. The fourth-order valence-electron chi connectivity index (χ4n) is 4.44. The molecule has 0 amide bonds. The topological polar surface area (TPSA) is 109 Å². The van der Waals surface area contributed by atoms with Gasteiger partial charge in [0.15, 0.2) is 0 Å². The molecule has 0 aliphatic carbocycles. The van der Waals surface area contributed by atoms with Gasteiger partial charge in [-0.05, 0) is 67.5 Å². The van der Waals surface area contributed by atoms with Crippen molar-refractivity contribution in [1.29, 1.82) is 0 Å². The van der Waals surface area contributed by atoms with Crippen LogP contribution in [0, 0.1) is 23.7 Å². The average molecular weight is 450 g/mol. The highest BCUT2D eigenvalue weighted by Gasteiger charge is 2.34. The molecule has 0 bridgehead atoms. The number of oxazole rings is 1. The third-order valence-electron chi connectivity index (χ3n) is 6.24. The van der Waals surface area contributed by atoms with Gasteiger partial charge in [0.05, 0.1) is 37.4 Å². The molecule has 0 saturated carbocycles. The molecule has 172 valence electrons. The number of carboxylic acids is 1. The van der Waals surface area contributed by atoms with Crippen LogP contribution in [-0.2, 0) is 4.79 Å². The Morgan fingerprint density at radius 3 is 2.97 bits per heavy atom. The Kier molecular flexibility index (Phi) is 7.23. The van der Waals surface area contributed by atoms with Gasteiger partial charge in [0.25, 0.3) is 5.89 Å². The third-order valence-corrected chi connectivity index (χ3v) is 6.24. The number of ether oxygens (including phenoxy) is 1. The van der Waals surface area contributed by atoms with E-state index in [-0.39, 0.29) is 5.92 Å². The van der Waals surface area contributed by atoms with Gasteiger partial charge in [-0.2, -0.15) is 0 Å². The number of methoxy groups -OCH3 is 1. The first kappa shape index (κ1) is 22.8. The number of likely N-dealkylation sites (tertiary alicyclic amines) is 1. The number of pyridine rings is 1. The van der Waals surface area contributed by atoms with Crippen molar-refractivity contribution in [1.82, 2.24) is 14.9 Å². The van der Waals surface area contributed by atoms with Crippen molar-refractivity contribution < 1.29 is 24.2 Å². The van der Waals surface area contributed by atoms with E-state index < -0.39 is 18.0 Å². The maximum absolute atomic E-state index is 12.0. The summed E-state index contributed by atoms with van der Waals surface area (Å²) in [6.45, 7) is 1.66. The number of aromatic nitrogens is 2. The molecule has 2 aromatic heterocycles. The van der Waals surface area contributed by atoms with Crippen molar-refractivity contribution in [3.05, 3.63) is 54.4 Å². The van der Waals surface area contributed by atoms with Crippen LogP contribution in [0.3, 0.4) is 0 Å². The number of benzene rings is 1. The molecule has 1 aliphatic heterocycles. The zero-order valence-corrected chi connectivity index (χ0v) is 18.5. The Morgan fingerprint density at radius 2 is 2.21 bits per heavy atom. The van der Waals surface area contributed by atoms with E-state index in [9.17, 15) is 15.0 Å². The number of aliphatic carboxylic acids is 1. The minimum Gasteiger partial charge on any atom is -0.497 e. The molecular weight excluding hydrogens is 422 g/mol. The lowest BCUT2D eigenvalue weighted by atomic mass is 9.81. The normalized spacial score (nSPS) is 19.6. The molecule has 3 heterocycles. The maximum Gasteiger partial charge on any atom is 0.308 e. The molecule has 1 aliphatic rings. The minimum atomic E-state index is -0.807. The second-order valence-electron chi connectivity index (χ2n) is 8.24. The van der Waals surface area contributed by atoms with E-state index >= 15 is 0 Å². The molecule has 4 rings (SSSR count). The van der Waals surface area contributed by atoms with E-state index in [4.69, 9.17) is 9.15 Å². The number of nitrogens with zero attached hydrogens (tertiary/aromatic N) is 3. The summed E-state index contributed by atoms with van der Waals surface area (Å²) in [7, 11) is 1.60. The number of aliphatic hydroxyl groups is 1. The van der Waals surface area contributed by atoms with Crippen molar-refractivity contribution in [2.45, 2.75) is 25.4 Å². The number of carboxylic acid groups (broad SMARTS) is 1. The molecular formula is C25H27N3O5. The fraction of sp³-hybridized carbons (Fsp3) is 0.400. The summed E-state index contributed by atoms with van der Waals surface area (Å²) in [6, 6.07) is 7.40. The van der Waals surface area contributed by atoms with Crippen molar-refractivity contribution in [3.63, 3.8) is 0 Å². The fourth-order valence-corrected chi connectivity index (χ4v) is 4.44. The number of piperidine rings is 1. The summed E-state index contributed by atoms with van der Waals surface area (Å²) in [5, 5.41) is 21.6. The van der Waals surface area contributed by atoms with E-state index in [1.807, 2.05) is 29.2 Å². The summed E-state index contributed by atoms with van der Waals surface area (Å²) in [6.07, 6.45) is 5.84. The maximum atomic E-state index is 12.0. The summed E-state index contributed by atoms with van der Waals surface area (Å²) < 4.78 is 10.4. The van der Waals surface area contributed by atoms with Gasteiger partial charge in [-0.15, -0.1) is 0 Å². The lowest BCUT2D eigenvalue weighted by Crippen LogP contribution is -2.44. The van der Waals surface area contributed by atoms with Crippen LogP contribution in [0.15, 0.2) is 47.3 Å². The van der Waals surface area contributed by atoms with Gasteiger partial charge in [-0.1, -0.05) is 5.92 Å². The smallest absolute Gasteiger partial charge is 0.308 e. The highest BCUT2D eigenvalue weighted by molar-refractivity contribution is 5.83. The van der Waals surface area contributed by atoms with Gasteiger partial charge in [-0.3, -0.25) is 14.7 Å². The molecule has 1 saturated heterocycles. The molecule has 8 nitrogen and oxygen atoms in total. The predicted molar refractivity (Wildman–Crippen MR) is 122 cm³/mol. The number of carbonyl (C=O) groups is 1. The van der Waals surface area contributed by atoms with Crippen LogP contribution >= 0.6 is 0 Å². The van der Waals surface area contributed by atoms with Gasteiger partial charge in [0.1, 0.15) is 12.0 Å². The summed E-state index contributed by atoms with van der Waals surface area (Å²) in [5.41, 5.74) is 1.57. The lowest BCUT2D eigenvalue weighted by Gasteiger charge is -2.36. The van der Waals surface area contributed by atoms with Gasteiger partial charge in [-0.25, -0.2) is 4.98 Å². The average Bonchev–Trinajstić information content (AvgIpc) is 3.35. The highest BCUT2D eigenvalue weighted by atomic mass is 16.5. The van der Waals surface area contributed by atoms with E-state index in [0.717, 1.165) is 29.4 Å². The van der Waals surface area contributed by atoms with Crippen molar-refractivity contribution in [2.75, 3.05) is 26.7 Å². The van der Waals surface area contributed by atoms with E-state index in [2.05, 4.69) is 21.8 Å². The second-order valence-corrected chi connectivity index (χ2v) is 8.24. The Labute approximate surface area is 192 Å². The number of rotatable bonds is 7. The van der Waals surface area contributed by atoms with Gasteiger partial charge >= 0.3 is 5.97 Å². The van der Waals surface area contributed by atoms with Gasteiger partial charge in [0.2, 0.25) is 0 Å². The van der Waals surface area contributed by atoms with Crippen LogP contribution in [0.5, 0.6) is 5.75 Å². The van der Waals surface area contributed by atoms with Crippen LogP contribution in [0.2, 0.25) is 0 Å². The van der Waals surface area contributed by atoms with E-state index in [1.165, 1.54) is 12.5 Å². The lowest BCUT2D eigenvalue weighted by molar-refractivity contribution is -0.146. The Bertz CT molecular complexity index is 1150. The quantitative estimate of drug-likeness (QED) is 0.530. The summed E-state index contributed by atoms with van der Waals surface area (Å²) >= 11 is 0. The monoisotopic (exact) mass is 449 g/mol. The van der Waals surface area contributed by atoms with Crippen molar-refractivity contribution in [2.24, 2.45) is 11.8 Å². The molecule has 0 radical (unpaired) electrons. The van der Waals surface area contributed by atoms with Crippen LogP contribution in [-0.4, -0.2) is 57.8 Å². The molecule has 3 aromatic rings. The molecule has 1 fully saturated rings. The van der Waals surface area contributed by atoms with Gasteiger partial charge < -0.3 is 19.4 Å². The first-order chi connectivity index (χ1) is 16.0. The molecule has 1 aromatic carbocycles. The zero-order valence-electron chi connectivity index (χ0n) is 18.5. The molecule has 3 atom stereocenters. The first-order valence-corrected chi connectivity index (χ1v) is 11.0. The van der Waals surface area contributed by atoms with Crippen LogP contribution in [0.4, 0.5) is 0 Å². The predicted octanol–water partition coefficient (Wildman–Crippen LogP) is 3.12. The Hall–Kier alpha value is -3.41. The minimum absolute atomic E-state index is 0.00395. The molecule has 0 unspecified atom stereocenters. The SMILES string of the molecule is COc1ccc2nccc([C@H](O)CC[C@@H]3CCN(CC#Cc4ncco4)C[C@@H]3C(=O)O)c2c1. The van der Waals surface area contributed by atoms with E-state index in [1.54, 1.807) is 13.3 Å². The molecule has 33 heavy (non-hydrogen) atoms. The van der Waals surface area contributed by atoms with Crippen molar-refractivity contribution >= 4 is 16.9 Å². The zero-order chi connectivity index (χ0) is 23.2. The van der Waals surface area contributed by atoms with Gasteiger partial charge in [0, 0.05) is 18.1 Å². The molecule has 0 spiro atoms. The number of hydrogen-bond donors (Lipinski definition) is 2. The molecule has 8 heteroatoms. The van der Waals surface area contributed by atoms with Crippen LogP contribution in [0.1, 0.15) is 36.8 Å². The summed E-state index contributed by atoms with van der Waals surface area (Å²) in [5.74, 6) is 5.60. The Morgan fingerprint density at radius 1 is 1.33 bits per heavy atom. The summed E-state index contributed by atoms with van der Waals surface area (Å²) in [4.78, 5) is 22.3. The molecule has 2 N–H and O–H groups in total. The van der Waals surface area contributed by atoms with Crippen molar-refractivity contribution in [3.8, 4) is 17.6 Å². The highest BCUT2D eigenvalue weighted by Crippen LogP contribution is 2.33. The second kappa shape index (κ2) is 10.5. The third kappa shape index (κ3) is 5.51. The van der Waals surface area contributed by atoms with Crippen LogP contribution in [0.25, 0.3) is 10.9 Å². The number of hydrogen-bond acceptors (Lipinski definition) is 7. The first-order valence-electron chi connectivity index (χ1n) is 11.0. The van der Waals surface area contributed by atoms with Crippen LogP contribution < -0.4 is 4.74 Å². The number of fused-ring (bicyclic) bond motifs is 1.